The van der Waals surface area contributed by atoms with Crippen molar-refractivity contribution in [3.63, 3.8) is 0 Å². The van der Waals surface area contributed by atoms with Crippen LogP contribution < -0.4 is 4.74 Å². The number of ether oxygens (including phenoxy) is 1. The zero-order valence-corrected chi connectivity index (χ0v) is 15.8. The first-order chi connectivity index (χ1) is 12.7. The van der Waals surface area contributed by atoms with Crippen LogP contribution in [0.5, 0.6) is 5.06 Å². The first-order valence-electron chi connectivity index (χ1n) is 9.38. The highest BCUT2D eigenvalue weighted by molar-refractivity contribution is 7.17. The van der Waals surface area contributed by atoms with E-state index >= 15 is 0 Å². The van der Waals surface area contributed by atoms with Crippen LogP contribution in [0.25, 0.3) is 21.6 Å². The lowest BCUT2D eigenvalue weighted by Crippen LogP contribution is -2.09. The van der Waals surface area contributed by atoms with Crippen LogP contribution in [0.1, 0.15) is 38.2 Å². The maximum absolute atomic E-state index is 14.7. The first kappa shape index (κ1) is 17.3. The predicted octanol–water partition coefficient (Wildman–Crippen LogP) is 7.11. The molecule has 1 heterocycles. The quantitative estimate of drug-likeness (QED) is 0.468. The van der Waals surface area contributed by atoms with Crippen LogP contribution in [0.3, 0.4) is 0 Å². The molecule has 0 atom stereocenters. The summed E-state index contributed by atoms with van der Waals surface area (Å²) in [5.74, 6) is -0.184. The highest BCUT2D eigenvalue weighted by Gasteiger charge is 2.18. The van der Waals surface area contributed by atoms with Crippen molar-refractivity contribution in [3.8, 4) is 26.6 Å². The van der Waals surface area contributed by atoms with Gasteiger partial charge >= 0.3 is 0 Å². The van der Waals surface area contributed by atoms with Crippen LogP contribution in [0.2, 0.25) is 0 Å². The zero-order valence-electron chi connectivity index (χ0n) is 15.0. The molecule has 3 aromatic rings. The van der Waals surface area contributed by atoms with Crippen molar-refractivity contribution >= 4 is 11.3 Å². The summed E-state index contributed by atoms with van der Waals surface area (Å²) in [5.41, 5.74) is 3.89. The molecular formula is C23H23FOS. The molecule has 0 unspecified atom stereocenters. The average Bonchev–Trinajstić information content (AvgIpc) is 3.34. The van der Waals surface area contributed by atoms with E-state index in [1.54, 1.807) is 6.07 Å². The molecule has 0 bridgehead atoms. The summed E-state index contributed by atoms with van der Waals surface area (Å²) >= 11 is 1.53. The third kappa shape index (κ3) is 3.68. The summed E-state index contributed by atoms with van der Waals surface area (Å²) in [6, 6.07) is 17.8. The molecule has 0 amide bonds. The predicted molar refractivity (Wildman–Crippen MR) is 107 cm³/mol. The largest absolute Gasteiger partial charge is 0.481 e. The second-order valence-corrected chi connectivity index (χ2v) is 7.93. The molecule has 1 fully saturated rings. The summed E-state index contributed by atoms with van der Waals surface area (Å²) in [6.45, 7) is 2.13. The Hall–Kier alpha value is -2.13. The zero-order chi connectivity index (χ0) is 17.9. The smallest absolute Gasteiger partial charge is 0.174 e. The van der Waals surface area contributed by atoms with E-state index in [0.717, 1.165) is 40.3 Å². The van der Waals surface area contributed by atoms with Gasteiger partial charge in [0.25, 0.3) is 0 Å². The summed E-state index contributed by atoms with van der Waals surface area (Å²) in [6.07, 6.45) is 6.10. The van der Waals surface area contributed by atoms with Crippen molar-refractivity contribution in [2.45, 2.75) is 45.1 Å². The lowest BCUT2D eigenvalue weighted by molar-refractivity contribution is 0.217. The minimum absolute atomic E-state index is 0.184. The Bertz CT molecular complexity index is 875. The van der Waals surface area contributed by atoms with Crippen LogP contribution in [0.4, 0.5) is 4.39 Å². The number of aryl methyl sites for hydroxylation is 1. The Morgan fingerprint density at radius 3 is 2.38 bits per heavy atom. The highest BCUT2D eigenvalue weighted by Crippen LogP contribution is 2.37. The Balaban J connectivity index is 1.54. The van der Waals surface area contributed by atoms with Crippen molar-refractivity contribution in [1.82, 2.24) is 0 Å². The summed E-state index contributed by atoms with van der Waals surface area (Å²) in [7, 11) is 0. The third-order valence-corrected chi connectivity index (χ3v) is 6.11. The molecule has 1 aromatic heterocycles. The van der Waals surface area contributed by atoms with Crippen LogP contribution in [0.15, 0.2) is 54.6 Å². The molecule has 1 nitrogen and oxygen atoms in total. The number of halogens is 1. The molecule has 1 aliphatic carbocycles. The number of benzene rings is 2. The van der Waals surface area contributed by atoms with Gasteiger partial charge in [-0.25, -0.2) is 4.39 Å². The molecule has 1 aliphatic rings. The highest BCUT2D eigenvalue weighted by atomic mass is 32.1. The van der Waals surface area contributed by atoms with E-state index in [1.165, 1.54) is 29.7 Å². The summed E-state index contributed by atoms with van der Waals surface area (Å²) in [5, 5.41) is 0.894. The minimum atomic E-state index is -0.184. The lowest BCUT2D eigenvalue weighted by Gasteiger charge is -2.10. The maximum Gasteiger partial charge on any atom is 0.174 e. The monoisotopic (exact) mass is 366 g/mol. The van der Waals surface area contributed by atoms with Gasteiger partial charge in [0.1, 0.15) is 5.82 Å². The second-order valence-electron chi connectivity index (χ2n) is 6.89. The van der Waals surface area contributed by atoms with Crippen molar-refractivity contribution in [3.05, 3.63) is 66.0 Å². The fourth-order valence-electron chi connectivity index (χ4n) is 3.53. The van der Waals surface area contributed by atoms with Gasteiger partial charge in [-0.15, -0.1) is 0 Å². The molecule has 0 aliphatic heterocycles. The minimum Gasteiger partial charge on any atom is -0.481 e. The van der Waals surface area contributed by atoms with Gasteiger partial charge in [0.2, 0.25) is 0 Å². The number of hydrogen-bond acceptors (Lipinski definition) is 2. The van der Waals surface area contributed by atoms with E-state index in [4.69, 9.17) is 4.74 Å². The van der Waals surface area contributed by atoms with Crippen LogP contribution in [-0.2, 0) is 6.42 Å². The fourth-order valence-corrected chi connectivity index (χ4v) is 4.47. The van der Waals surface area contributed by atoms with Crippen molar-refractivity contribution in [1.29, 1.82) is 0 Å². The van der Waals surface area contributed by atoms with Gasteiger partial charge in [-0.2, -0.15) is 0 Å². The van der Waals surface area contributed by atoms with Gasteiger partial charge < -0.3 is 4.74 Å². The van der Waals surface area contributed by atoms with Gasteiger partial charge in [-0.1, -0.05) is 48.6 Å². The molecule has 3 heteroatoms. The molecule has 0 spiro atoms. The SMILES string of the molecule is CCc1ccc(-c2ccc(-c3ccc(OC4CCCC4)s3)c(F)c2)cc1. The Labute approximate surface area is 158 Å². The van der Waals surface area contributed by atoms with Crippen LogP contribution >= 0.6 is 11.3 Å². The Morgan fingerprint density at radius 1 is 0.962 bits per heavy atom. The van der Waals surface area contributed by atoms with Crippen molar-refractivity contribution in [2.24, 2.45) is 0 Å². The molecule has 0 N–H and O–H groups in total. The molecule has 2 aromatic carbocycles. The van der Waals surface area contributed by atoms with Gasteiger partial charge in [-0.3, -0.25) is 0 Å². The normalized spacial score (nSPS) is 14.7. The first-order valence-corrected chi connectivity index (χ1v) is 10.2. The molecule has 26 heavy (non-hydrogen) atoms. The maximum atomic E-state index is 14.7. The molecule has 1 saturated carbocycles. The van der Waals surface area contributed by atoms with Gasteiger partial charge in [0.15, 0.2) is 5.06 Å². The van der Waals surface area contributed by atoms with Crippen LogP contribution in [-0.4, -0.2) is 6.10 Å². The van der Waals surface area contributed by atoms with E-state index < -0.39 is 0 Å². The van der Waals surface area contributed by atoms with E-state index in [9.17, 15) is 4.39 Å². The van der Waals surface area contributed by atoms with E-state index in [1.807, 2.05) is 24.3 Å². The Kier molecular flexibility index (Phi) is 5.07. The fraction of sp³-hybridized carbons (Fsp3) is 0.304. The molecule has 134 valence electrons. The van der Waals surface area contributed by atoms with Gasteiger partial charge in [0.05, 0.1) is 6.10 Å². The van der Waals surface area contributed by atoms with Crippen molar-refractivity contribution < 1.29 is 9.13 Å². The summed E-state index contributed by atoms with van der Waals surface area (Å²) < 4.78 is 20.8. The average molecular weight is 367 g/mol. The molecule has 0 radical (unpaired) electrons. The second kappa shape index (κ2) is 7.63. The molecule has 0 saturated heterocycles. The van der Waals surface area contributed by atoms with Crippen molar-refractivity contribution in [2.75, 3.05) is 0 Å². The van der Waals surface area contributed by atoms with E-state index in [-0.39, 0.29) is 5.82 Å². The standard InChI is InChI=1S/C23H23FOS/c1-2-16-7-9-17(10-8-16)18-11-12-20(21(24)15-18)22-13-14-23(26-22)25-19-5-3-4-6-19/h7-15,19H,2-6H2,1H3. The molecule has 4 rings (SSSR count). The number of hydrogen-bond donors (Lipinski definition) is 0. The molecular weight excluding hydrogens is 343 g/mol. The summed E-state index contributed by atoms with van der Waals surface area (Å²) in [4.78, 5) is 0.920. The van der Waals surface area contributed by atoms with E-state index in [0.29, 0.717) is 11.7 Å². The Morgan fingerprint density at radius 2 is 1.69 bits per heavy atom. The number of rotatable bonds is 5. The third-order valence-electron chi connectivity index (χ3n) is 5.10. The lowest BCUT2D eigenvalue weighted by atomic mass is 10.0. The van der Waals surface area contributed by atoms with Crippen LogP contribution in [0, 0.1) is 5.82 Å². The van der Waals surface area contributed by atoms with Gasteiger partial charge in [0, 0.05) is 10.4 Å². The number of thiophene rings is 1. The van der Waals surface area contributed by atoms with E-state index in [2.05, 4.69) is 31.2 Å². The van der Waals surface area contributed by atoms with Gasteiger partial charge in [-0.05, 0) is 73.1 Å². The topological polar surface area (TPSA) is 9.23 Å².